The Morgan fingerprint density at radius 1 is 0.966 bits per heavy atom. The second-order valence-electron chi connectivity index (χ2n) is 8.20. The third-order valence-electron chi connectivity index (χ3n) is 5.01. The fourth-order valence-corrected chi connectivity index (χ4v) is 4.20. The highest BCUT2D eigenvalue weighted by molar-refractivity contribution is 7.87. The van der Waals surface area contributed by atoms with Crippen LogP contribution in [-0.4, -0.2) is 38.0 Å². The highest BCUT2D eigenvalue weighted by Crippen LogP contribution is 2.34. The van der Waals surface area contributed by atoms with Gasteiger partial charge in [0.25, 0.3) is 0 Å². The van der Waals surface area contributed by atoms with E-state index < -0.39 is 15.9 Å². The first-order chi connectivity index (χ1) is 13.6. The number of carbonyl (C=O) groups excluding carboxylic acids is 2. The minimum atomic E-state index is -4.16. The van der Waals surface area contributed by atoms with E-state index in [0.717, 1.165) is 18.7 Å². The summed E-state index contributed by atoms with van der Waals surface area (Å²) < 4.78 is 30.9. The molecule has 6 nitrogen and oxygen atoms in total. The quantitative estimate of drug-likeness (QED) is 0.567. The first-order valence-electron chi connectivity index (χ1n) is 9.32. The number of fused-ring (bicyclic) bond motifs is 1. The first-order valence-corrected chi connectivity index (χ1v) is 10.7. The second kappa shape index (κ2) is 6.56. The van der Waals surface area contributed by atoms with Gasteiger partial charge in [-0.05, 0) is 35.2 Å². The van der Waals surface area contributed by atoms with E-state index in [1.807, 2.05) is 20.8 Å². The third kappa shape index (κ3) is 3.58. The Labute approximate surface area is 169 Å². The summed E-state index contributed by atoms with van der Waals surface area (Å²) in [5.41, 5.74) is 1.37. The third-order valence-corrected chi connectivity index (χ3v) is 6.26. The lowest BCUT2D eigenvalue weighted by atomic mass is 9.87. The van der Waals surface area contributed by atoms with E-state index in [1.165, 1.54) is 36.4 Å². The topological polar surface area (TPSA) is 80.5 Å². The molecule has 1 saturated heterocycles. The number of carbonyl (C=O) groups is 2. The SMILES string of the molecule is CC(C)(C)c1ccc(S(=O)(=O)Oc2cccc3c2C(=O)C=C(N2CC2)C3=O)cc1. The van der Waals surface area contributed by atoms with Gasteiger partial charge < -0.3 is 9.08 Å². The van der Waals surface area contributed by atoms with Gasteiger partial charge in [-0.2, -0.15) is 8.42 Å². The van der Waals surface area contributed by atoms with E-state index in [4.69, 9.17) is 4.18 Å². The Balaban J connectivity index is 1.68. The van der Waals surface area contributed by atoms with Crippen molar-refractivity contribution in [3.8, 4) is 5.75 Å². The summed E-state index contributed by atoms with van der Waals surface area (Å²) in [5, 5.41) is 0. The molecule has 1 aliphatic heterocycles. The number of allylic oxidation sites excluding steroid dienone is 2. The van der Waals surface area contributed by atoms with Gasteiger partial charge in [-0.25, -0.2) is 0 Å². The van der Waals surface area contributed by atoms with Crippen LogP contribution < -0.4 is 4.18 Å². The molecule has 2 aliphatic rings. The fourth-order valence-electron chi connectivity index (χ4n) is 3.26. The van der Waals surface area contributed by atoms with Crippen molar-refractivity contribution in [2.45, 2.75) is 31.1 Å². The zero-order chi connectivity index (χ0) is 21.0. The average molecular weight is 411 g/mol. The lowest BCUT2D eigenvalue weighted by Gasteiger charge is -2.20. The second-order valence-corrected chi connectivity index (χ2v) is 9.75. The Bertz CT molecular complexity index is 1150. The van der Waals surface area contributed by atoms with E-state index in [2.05, 4.69) is 0 Å². The largest absolute Gasteiger partial charge is 0.378 e. The van der Waals surface area contributed by atoms with Crippen LogP contribution in [0.5, 0.6) is 5.75 Å². The normalized spacial score (nSPS) is 16.4. The zero-order valence-corrected chi connectivity index (χ0v) is 17.2. The lowest BCUT2D eigenvalue weighted by Crippen LogP contribution is -2.23. The smallest absolute Gasteiger partial charge is 0.339 e. The van der Waals surface area contributed by atoms with Gasteiger partial charge in [0.2, 0.25) is 5.78 Å². The maximum Gasteiger partial charge on any atom is 0.339 e. The van der Waals surface area contributed by atoms with Gasteiger partial charge in [0, 0.05) is 24.7 Å². The number of hydrogen-bond acceptors (Lipinski definition) is 6. The van der Waals surface area contributed by atoms with Gasteiger partial charge in [0.1, 0.15) is 4.90 Å². The Morgan fingerprint density at radius 2 is 1.62 bits per heavy atom. The van der Waals surface area contributed by atoms with E-state index in [0.29, 0.717) is 5.70 Å². The van der Waals surface area contributed by atoms with Crippen LogP contribution in [0, 0.1) is 0 Å². The van der Waals surface area contributed by atoms with Crippen molar-refractivity contribution in [2.75, 3.05) is 13.1 Å². The van der Waals surface area contributed by atoms with Crippen LogP contribution in [0.15, 0.2) is 59.1 Å². The van der Waals surface area contributed by atoms with Crippen LogP contribution in [0.4, 0.5) is 0 Å². The van der Waals surface area contributed by atoms with Crippen molar-refractivity contribution in [3.63, 3.8) is 0 Å². The molecule has 1 aliphatic carbocycles. The summed E-state index contributed by atoms with van der Waals surface area (Å²) in [6.45, 7) is 7.56. The van der Waals surface area contributed by atoms with Crippen molar-refractivity contribution < 1.29 is 22.2 Å². The van der Waals surface area contributed by atoms with Gasteiger partial charge in [0.15, 0.2) is 11.5 Å². The lowest BCUT2D eigenvalue weighted by molar-refractivity contribution is 0.0969. The average Bonchev–Trinajstić information content (AvgIpc) is 3.49. The van der Waals surface area contributed by atoms with Gasteiger partial charge in [-0.1, -0.05) is 39.0 Å². The molecule has 1 fully saturated rings. The Morgan fingerprint density at radius 3 is 2.21 bits per heavy atom. The standard InChI is InChI=1S/C22H21NO5S/c1-22(2,3)14-7-9-15(10-8-14)29(26,27)28-19-6-4-5-16-20(19)18(24)13-17(21(16)25)23-11-12-23/h4-10,13H,11-12H2,1-3H3. The van der Waals surface area contributed by atoms with Crippen LogP contribution in [0.1, 0.15) is 47.1 Å². The van der Waals surface area contributed by atoms with Crippen LogP contribution in [-0.2, 0) is 15.5 Å². The molecule has 7 heteroatoms. The molecule has 1 heterocycles. The molecule has 0 N–H and O–H groups in total. The van der Waals surface area contributed by atoms with E-state index >= 15 is 0 Å². The zero-order valence-electron chi connectivity index (χ0n) is 16.4. The minimum absolute atomic E-state index is 0.0157. The molecule has 150 valence electrons. The van der Waals surface area contributed by atoms with Gasteiger partial charge >= 0.3 is 10.1 Å². The van der Waals surface area contributed by atoms with Crippen molar-refractivity contribution >= 4 is 21.7 Å². The molecule has 4 rings (SSSR count). The first kappa shape index (κ1) is 19.4. The van der Waals surface area contributed by atoms with Crippen LogP contribution in [0.25, 0.3) is 0 Å². The monoisotopic (exact) mass is 411 g/mol. The maximum absolute atomic E-state index is 12.8. The molecule has 0 spiro atoms. The summed E-state index contributed by atoms with van der Waals surface area (Å²) in [5.74, 6) is -0.869. The summed E-state index contributed by atoms with van der Waals surface area (Å²) in [7, 11) is -4.16. The maximum atomic E-state index is 12.8. The van der Waals surface area contributed by atoms with Gasteiger partial charge in [-0.3, -0.25) is 9.59 Å². The van der Waals surface area contributed by atoms with E-state index in [-0.39, 0.29) is 33.0 Å². The van der Waals surface area contributed by atoms with Gasteiger partial charge in [0.05, 0.1) is 11.3 Å². The molecule has 29 heavy (non-hydrogen) atoms. The van der Waals surface area contributed by atoms with Crippen LogP contribution >= 0.6 is 0 Å². The number of benzene rings is 2. The molecule has 0 amide bonds. The predicted molar refractivity (Wildman–Crippen MR) is 108 cm³/mol. The van der Waals surface area contributed by atoms with Gasteiger partial charge in [-0.15, -0.1) is 0 Å². The molecule has 2 aromatic carbocycles. The molecule has 0 bridgehead atoms. The summed E-state index contributed by atoms with van der Waals surface area (Å²) in [4.78, 5) is 27.1. The van der Waals surface area contributed by atoms with Crippen molar-refractivity contribution in [3.05, 3.63) is 70.9 Å². The fraction of sp³-hybridized carbons (Fsp3) is 0.273. The van der Waals surface area contributed by atoms with Crippen LogP contribution in [0.3, 0.4) is 0 Å². The van der Waals surface area contributed by atoms with E-state index in [9.17, 15) is 18.0 Å². The molecule has 2 aromatic rings. The number of hydrogen-bond donors (Lipinski definition) is 0. The number of rotatable bonds is 4. The predicted octanol–water partition coefficient (Wildman–Crippen LogP) is 3.33. The molecule has 0 atom stereocenters. The highest BCUT2D eigenvalue weighted by Gasteiger charge is 2.35. The van der Waals surface area contributed by atoms with E-state index in [1.54, 1.807) is 17.0 Å². The van der Waals surface area contributed by atoms with Crippen molar-refractivity contribution in [1.82, 2.24) is 4.90 Å². The summed E-state index contributed by atoms with van der Waals surface area (Å²) in [6.07, 6.45) is 1.26. The number of ketones is 2. The molecule has 0 unspecified atom stereocenters. The summed E-state index contributed by atoms with van der Waals surface area (Å²) >= 11 is 0. The van der Waals surface area contributed by atoms with Crippen LogP contribution in [0.2, 0.25) is 0 Å². The molecule has 0 aromatic heterocycles. The summed E-state index contributed by atoms with van der Waals surface area (Å²) in [6, 6.07) is 10.9. The molecule has 0 radical (unpaired) electrons. The number of Topliss-reactive ketones (excluding diaryl/α,β-unsaturated/α-hetero) is 1. The Kier molecular flexibility index (Phi) is 4.38. The minimum Gasteiger partial charge on any atom is -0.378 e. The van der Waals surface area contributed by atoms with Crippen molar-refractivity contribution in [2.24, 2.45) is 0 Å². The van der Waals surface area contributed by atoms with Crippen molar-refractivity contribution in [1.29, 1.82) is 0 Å². The number of nitrogens with zero attached hydrogens (tertiary/aromatic N) is 1. The Hall–Kier alpha value is -2.93. The highest BCUT2D eigenvalue weighted by atomic mass is 32.2. The molecule has 0 saturated carbocycles. The molecular weight excluding hydrogens is 390 g/mol. The molecular formula is C22H21NO5S.